The molecule has 8 unspecified atom stereocenters. The molecular weight excluding hydrogens is 797 g/mol. The van der Waals surface area contributed by atoms with Crippen LogP contribution >= 0.6 is 0 Å². The molecule has 62 heavy (non-hydrogen) atoms. The summed E-state index contributed by atoms with van der Waals surface area (Å²) in [5.41, 5.74) is -2.69. The van der Waals surface area contributed by atoms with Crippen molar-refractivity contribution in [3.05, 3.63) is 0 Å². The van der Waals surface area contributed by atoms with E-state index in [-0.39, 0.29) is 88.2 Å². The van der Waals surface area contributed by atoms with Gasteiger partial charge in [-0.05, 0) is 106 Å². The summed E-state index contributed by atoms with van der Waals surface area (Å²) in [4.78, 5) is 111. The maximum absolute atomic E-state index is 14.6. The van der Waals surface area contributed by atoms with Crippen LogP contribution in [0.15, 0.2) is 0 Å². The van der Waals surface area contributed by atoms with Crippen molar-refractivity contribution in [2.24, 2.45) is 46.3 Å². The van der Waals surface area contributed by atoms with Crippen LogP contribution in [0.3, 0.4) is 0 Å². The number of carbonyl (C=O) groups excluding carboxylic acids is 8. The second-order valence-corrected chi connectivity index (χ2v) is 18.4. The van der Waals surface area contributed by atoms with Gasteiger partial charge in [0.15, 0.2) is 0 Å². The molecule has 1 rings (SSSR count). The van der Waals surface area contributed by atoms with E-state index in [9.17, 15) is 38.4 Å². The van der Waals surface area contributed by atoms with Gasteiger partial charge in [-0.2, -0.15) is 0 Å². The summed E-state index contributed by atoms with van der Waals surface area (Å²) in [6.07, 6.45) is 3.90. The lowest BCUT2D eigenvalue weighted by Crippen LogP contribution is -2.52. The van der Waals surface area contributed by atoms with Crippen molar-refractivity contribution in [2.75, 3.05) is 26.6 Å². The van der Waals surface area contributed by atoms with E-state index in [0.717, 1.165) is 12.8 Å². The fraction of sp³-hybridized carbons (Fsp3) is 0.826. The van der Waals surface area contributed by atoms with E-state index >= 15 is 0 Å². The van der Waals surface area contributed by atoms with Crippen LogP contribution in [-0.4, -0.2) is 86.0 Å². The molecule has 1 aliphatic rings. The van der Waals surface area contributed by atoms with Crippen molar-refractivity contribution < 1.29 is 47.8 Å². The highest BCUT2D eigenvalue weighted by atomic mass is 16.5. The zero-order valence-corrected chi connectivity index (χ0v) is 40.0. The Labute approximate surface area is 371 Å². The van der Waals surface area contributed by atoms with Crippen LogP contribution in [0.4, 0.5) is 0 Å². The minimum atomic E-state index is -1.52. The molecule has 0 aromatic carbocycles. The molecule has 0 aliphatic carbocycles. The molecule has 1 saturated heterocycles. The Morgan fingerprint density at radius 2 is 1.26 bits per heavy atom. The van der Waals surface area contributed by atoms with E-state index in [1.165, 1.54) is 0 Å². The van der Waals surface area contributed by atoms with Gasteiger partial charge in [0.1, 0.15) is 0 Å². The summed E-state index contributed by atoms with van der Waals surface area (Å²) in [5, 5.41) is 16.9. The summed E-state index contributed by atoms with van der Waals surface area (Å²) in [6.45, 7) is 21.3. The zero-order chi connectivity index (χ0) is 47.2. The van der Waals surface area contributed by atoms with Gasteiger partial charge in [0, 0.05) is 35.8 Å². The van der Waals surface area contributed by atoms with Crippen molar-refractivity contribution in [1.29, 1.82) is 0 Å². The number of hydrogen-bond donors (Lipinski definition) is 6. The molecule has 0 aromatic rings. The molecule has 1 fully saturated rings. The number of ether oxygens (including phenoxy) is 2. The summed E-state index contributed by atoms with van der Waals surface area (Å²) in [7, 11) is 0. The van der Waals surface area contributed by atoms with Gasteiger partial charge in [-0.1, -0.05) is 54.4 Å². The molecule has 1 heterocycles. The Morgan fingerprint density at radius 3 is 1.77 bits per heavy atom. The monoisotopic (exact) mass is 879 g/mol. The first-order valence-corrected chi connectivity index (χ1v) is 23.2. The average Bonchev–Trinajstić information content (AvgIpc) is 3.21. The van der Waals surface area contributed by atoms with Crippen molar-refractivity contribution in [3.8, 4) is 0 Å². The predicted molar refractivity (Wildman–Crippen MR) is 237 cm³/mol. The van der Waals surface area contributed by atoms with E-state index in [1.54, 1.807) is 41.5 Å². The molecule has 6 amide bonds. The number of hydrogen-bond acceptors (Lipinski definition) is 10. The van der Waals surface area contributed by atoms with Crippen LogP contribution in [-0.2, 0) is 47.8 Å². The van der Waals surface area contributed by atoms with E-state index in [0.29, 0.717) is 25.7 Å². The van der Waals surface area contributed by atoms with Crippen LogP contribution in [0.25, 0.3) is 0 Å². The third-order valence-corrected chi connectivity index (χ3v) is 12.3. The third kappa shape index (κ3) is 17.9. The van der Waals surface area contributed by atoms with Gasteiger partial charge in [0.2, 0.25) is 35.4 Å². The number of unbranched alkanes of at least 4 members (excludes halogenated alkanes) is 2. The van der Waals surface area contributed by atoms with Gasteiger partial charge in [-0.25, -0.2) is 0 Å². The summed E-state index contributed by atoms with van der Waals surface area (Å²) >= 11 is 0. The Morgan fingerprint density at radius 1 is 0.742 bits per heavy atom. The number of carbonyl (C=O) groups is 8. The lowest BCUT2D eigenvalue weighted by atomic mass is 9.68. The highest BCUT2D eigenvalue weighted by molar-refractivity contribution is 5.91. The fourth-order valence-electron chi connectivity index (χ4n) is 7.61. The van der Waals surface area contributed by atoms with Gasteiger partial charge >= 0.3 is 11.9 Å². The SMILES string of the molecule is CCCCOC(=O)C(C)(CC)CC1C(=O)NCNC(=O)C(CC(CC)C(=O)NC(C)C)C(C)(C(=O)OCCCC)CCC(C)C(=O)NCNC(=O)C(C)CCC1C(=O)NC(C)C. The lowest BCUT2D eigenvalue weighted by molar-refractivity contribution is -0.164. The molecular formula is C46H82N6O10. The molecule has 16 heteroatoms. The average molecular weight is 879 g/mol. The third-order valence-electron chi connectivity index (χ3n) is 12.3. The first-order chi connectivity index (χ1) is 29.1. The standard InChI is InChI=1S/C46H82N6O10/c1-13-17-23-61-43(59)45(11,16-4)26-35-34(41(57)52-30(7)8)20-19-31(9)37(53)47-27-48-38(54)32(10)21-22-46(12,44(60)62-24-18-14-2)36(42(58)50-28-49-40(35)56)25-33(15-3)39(55)51-29(5)6/h29-36H,13-28H2,1-12H3,(H,47,53)(H,48,54)(H,49,56)(H,50,58)(H,51,55)(H,52,57). The first kappa shape index (κ1) is 55.8. The lowest BCUT2D eigenvalue weighted by Gasteiger charge is -2.37. The van der Waals surface area contributed by atoms with Gasteiger partial charge in [0.25, 0.3) is 0 Å². The predicted octanol–water partition coefficient (Wildman–Crippen LogP) is 5.03. The van der Waals surface area contributed by atoms with Crippen LogP contribution in [0.1, 0.15) is 160 Å². The van der Waals surface area contributed by atoms with Crippen LogP contribution in [0, 0.1) is 46.3 Å². The van der Waals surface area contributed by atoms with Gasteiger partial charge < -0.3 is 41.4 Å². The molecule has 0 aromatic heterocycles. The van der Waals surface area contributed by atoms with E-state index in [4.69, 9.17) is 9.47 Å². The molecule has 0 spiro atoms. The second kappa shape index (κ2) is 27.7. The van der Waals surface area contributed by atoms with Gasteiger partial charge in [-0.3, -0.25) is 38.4 Å². The van der Waals surface area contributed by atoms with E-state index < -0.39 is 82.7 Å². The summed E-state index contributed by atoms with van der Waals surface area (Å²) < 4.78 is 11.4. The van der Waals surface area contributed by atoms with Crippen LogP contribution < -0.4 is 31.9 Å². The van der Waals surface area contributed by atoms with Gasteiger partial charge in [0.05, 0.1) is 49.2 Å². The molecule has 0 radical (unpaired) electrons. The smallest absolute Gasteiger partial charge is 0.312 e. The van der Waals surface area contributed by atoms with Gasteiger partial charge in [-0.15, -0.1) is 0 Å². The number of nitrogens with one attached hydrogen (secondary N) is 6. The molecule has 6 N–H and O–H groups in total. The first-order valence-electron chi connectivity index (χ1n) is 23.2. The summed E-state index contributed by atoms with van der Waals surface area (Å²) in [5.74, 6) is -8.95. The molecule has 356 valence electrons. The quantitative estimate of drug-likeness (QED) is 0.0796. The highest BCUT2D eigenvalue weighted by Crippen LogP contribution is 2.41. The Bertz CT molecular complexity index is 1490. The van der Waals surface area contributed by atoms with Crippen LogP contribution in [0.2, 0.25) is 0 Å². The maximum Gasteiger partial charge on any atom is 0.312 e. The highest BCUT2D eigenvalue weighted by Gasteiger charge is 2.48. The molecule has 16 nitrogen and oxygen atoms in total. The number of rotatable bonds is 18. The largest absolute Gasteiger partial charge is 0.465 e. The Kier molecular flexibility index (Phi) is 25.0. The zero-order valence-electron chi connectivity index (χ0n) is 40.0. The van der Waals surface area contributed by atoms with E-state index in [2.05, 4.69) is 31.9 Å². The molecule has 1 aliphatic heterocycles. The number of esters is 2. The molecule has 0 saturated carbocycles. The van der Waals surface area contributed by atoms with Crippen molar-refractivity contribution in [1.82, 2.24) is 31.9 Å². The molecule has 8 atom stereocenters. The summed E-state index contributed by atoms with van der Waals surface area (Å²) in [6, 6.07) is -0.464. The maximum atomic E-state index is 14.6. The van der Waals surface area contributed by atoms with E-state index in [1.807, 2.05) is 41.5 Å². The normalized spacial score (nSPS) is 25.2. The van der Waals surface area contributed by atoms with Crippen LogP contribution in [0.5, 0.6) is 0 Å². The number of amides is 6. The Balaban J connectivity index is 3.94. The fourth-order valence-corrected chi connectivity index (χ4v) is 7.61. The van der Waals surface area contributed by atoms with Crippen molar-refractivity contribution >= 4 is 47.4 Å². The topological polar surface area (TPSA) is 227 Å². The minimum Gasteiger partial charge on any atom is -0.465 e. The van der Waals surface area contributed by atoms with Crippen molar-refractivity contribution in [2.45, 2.75) is 172 Å². The second-order valence-electron chi connectivity index (χ2n) is 18.4. The Hall–Kier alpha value is -4.24. The van der Waals surface area contributed by atoms with Crippen molar-refractivity contribution in [3.63, 3.8) is 0 Å². The minimum absolute atomic E-state index is 0.0337. The molecule has 0 bridgehead atoms.